The lowest BCUT2D eigenvalue weighted by Gasteiger charge is -2.26. The topological polar surface area (TPSA) is 81.6 Å². The summed E-state index contributed by atoms with van der Waals surface area (Å²) in [6, 6.07) is 7.44. The highest BCUT2D eigenvalue weighted by Crippen LogP contribution is 2.35. The molecule has 0 bridgehead atoms. The third-order valence-corrected chi connectivity index (χ3v) is 3.29. The first kappa shape index (κ1) is 12.7. The Morgan fingerprint density at radius 3 is 3.05 bits per heavy atom. The van der Waals surface area contributed by atoms with Crippen LogP contribution in [0.3, 0.4) is 0 Å². The average Bonchev–Trinajstić information content (AvgIpc) is 2.92. The molecule has 0 saturated carbocycles. The van der Waals surface area contributed by atoms with Gasteiger partial charge in [-0.25, -0.2) is 0 Å². The van der Waals surface area contributed by atoms with Gasteiger partial charge in [0.2, 0.25) is 0 Å². The fourth-order valence-corrected chi connectivity index (χ4v) is 2.14. The van der Waals surface area contributed by atoms with E-state index in [9.17, 15) is 4.79 Å². The third-order valence-electron chi connectivity index (χ3n) is 3.29. The predicted molar refractivity (Wildman–Crippen MR) is 73.6 cm³/mol. The molecule has 0 atom stereocenters. The second kappa shape index (κ2) is 4.97. The Labute approximate surface area is 116 Å². The van der Waals surface area contributed by atoms with E-state index >= 15 is 0 Å². The Balaban J connectivity index is 1.96. The Hall–Kier alpha value is -2.34. The average molecular weight is 273 g/mol. The summed E-state index contributed by atoms with van der Waals surface area (Å²) in [5, 5.41) is 3.96. The maximum atomic E-state index is 11.6. The van der Waals surface area contributed by atoms with E-state index < -0.39 is 0 Å². The molecule has 0 saturated heterocycles. The number of amides is 1. The lowest BCUT2D eigenvalue weighted by atomic mass is 10.1. The van der Waals surface area contributed by atoms with Gasteiger partial charge in [0.15, 0.2) is 12.4 Å². The number of hydrogen-bond acceptors (Lipinski definition) is 5. The molecular formula is C14H15N3O3. The van der Waals surface area contributed by atoms with Crippen molar-refractivity contribution in [1.82, 2.24) is 5.16 Å². The molecule has 0 unspecified atom stereocenters. The fourth-order valence-electron chi connectivity index (χ4n) is 2.14. The summed E-state index contributed by atoms with van der Waals surface area (Å²) in [6.45, 7) is 0.604. The molecule has 20 heavy (non-hydrogen) atoms. The second-order valence-electron chi connectivity index (χ2n) is 4.65. The van der Waals surface area contributed by atoms with Gasteiger partial charge in [0.05, 0.1) is 11.4 Å². The van der Waals surface area contributed by atoms with Crippen molar-refractivity contribution in [3.05, 3.63) is 30.0 Å². The molecule has 6 heteroatoms. The van der Waals surface area contributed by atoms with E-state index in [2.05, 4.69) is 5.16 Å². The number of carbonyl (C=O) groups excluding carboxylic acids is 1. The molecule has 1 aliphatic rings. The van der Waals surface area contributed by atoms with Crippen LogP contribution in [0.4, 0.5) is 5.69 Å². The number of carbonyl (C=O) groups is 1. The first-order valence-corrected chi connectivity index (χ1v) is 6.38. The van der Waals surface area contributed by atoms with Crippen LogP contribution in [-0.4, -0.2) is 31.3 Å². The third kappa shape index (κ3) is 2.14. The van der Waals surface area contributed by atoms with E-state index in [-0.39, 0.29) is 12.5 Å². The molecule has 6 nitrogen and oxygen atoms in total. The molecule has 2 N–H and O–H groups in total. The van der Waals surface area contributed by atoms with E-state index in [0.717, 1.165) is 16.9 Å². The monoisotopic (exact) mass is 273 g/mol. The molecule has 0 radical (unpaired) electrons. The van der Waals surface area contributed by atoms with Crippen molar-refractivity contribution < 1.29 is 14.1 Å². The number of ether oxygens (including phenoxy) is 1. The standard InChI is InChI=1S/C14H15N3O3/c1-17-11-6-9(2-3-12(11)19-8-14(17)18)13-7-10(4-5-15)16-20-13/h2-3,6-7H,4-5,8,15H2,1H3. The smallest absolute Gasteiger partial charge is 0.264 e. The van der Waals surface area contributed by atoms with Crippen molar-refractivity contribution in [1.29, 1.82) is 0 Å². The Morgan fingerprint density at radius 2 is 2.25 bits per heavy atom. The van der Waals surface area contributed by atoms with E-state index in [1.54, 1.807) is 11.9 Å². The van der Waals surface area contributed by atoms with Crippen molar-refractivity contribution >= 4 is 11.6 Å². The Morgan fingerprint density at radius 1 is 1.40 bits per heavy atom. The molecule has 0 aliphatic carbocycles. The molecule has 1 aromatic heterocycles. The number of rotatable bonds is 3. The Kier molecular flexibility index (Phi) is 3.15. The van der Waals surface area contributed by atoms with Crippen molar-refractivity contribution in [2.45, 2.75) is 6.42 Å². The number of anilines is 1. The van der Waals surface area contributed by atoms with E-state index in [4.69, 9.17) is 15.0 Å². The summed E-state index contributed by atoms with van der Waals surface area (Å²) in [5.41, 5.74) is 7.89. The molecule has 1 amide bonds. The van der Waals surface area contributed by atoms with Gasteiger partial charge in [-0.15, -0.1) is 0 Å². The number of aromatic nitrogens is 1. The maximum Gasteiger partial charge on any atom is 0.264 e. The summed E-state index contributed by atoms with van der Waals surface area (Å²) in [7, 11) is 1.73. The number of hydrogen-bond donors (Lipinski definition) is 1. The molecular weight excluding hydrogens is 258 g/mol. The highest BCUT2D eigenvalue weighted by molar-refractivity contribution is 5.98. The first-order chi connectivity index (χ1) is 9.69. The lowest BCUT2D eigenvalue weighted by molar-refractivity contribution is -0.120. The van der Waals surface area contributed by atoms with Crippen molar-refractivity contribution in [2.24, 2.45) is 5.73 Å². The maximum absolute atomic E-state index is 11.6. The van der Waals surface area contributed by atoms with Gasteiger partial charge in [-0.3, -0.25) is 4.79 Å². The van der Waals surface area contributed by atoms with Gasteiger partial charge in [0.1, 0.15) is 5.75 Å². The minimum atomic E-state index is -0.0731. The molecule has 0 fully saturated rings. The van der Waals surface area contributed by atoms with Gasteiger partial charge in [-0.1, -0.05) is 5.16 Å². The second-order valence-corrected chi connectivity index (χ2v) is 4.65. The normalized spacial score (nSPS) is 14.1. The van der Waals surface area contributed by atoms with E-state index in [1.807, 2.05) is 24.3 Å². The number of nitrogens with two attached hydrogens (primary N) is 1. The molecule has 0 spiro atoms. The first-order valence-electron chi connectivity index (χ1n) is 6.38. The van der Waals surface area contributed by atoms with Crippen LogP contribution in [0.15, 0.2) is 28.8 Å². The summed E-state index contributed by atoms with van der Waals surface area (Å²) >= 11 is 0. The number of likely N-dealkylation sites (N-methyl/N-ethyl adjacent to an activating group) is 1. The predicted octanol–water partition coefficient (Wildman–Crippen LogP) is 1.20. The molecule has 2 aromatic rings. The highest BCUT2D eigenvalue weighted by atomic mass is 16.5. The molecule has 1 aromatic carbocycles. The summed E-state index contributed by atoms with van der Waals surface area (Å²) in [4.78, 5) is 13.2. The van der Waals surface area contributed by atoms with Gasteiger partial charge in [-0.2, -0.15) is 0 Å². The van der Waals surface area contributed by atoms with Crippen molar-refractivity contribution in [3.63, 3.8) is 0 Å². The molecule has 104 valence electrons. The van der Waals surface area contributed by atoms with E-state index in [0.29, 0.717) is 24.5 Å². The van der Waals surface area contributed by atoms with Crippen LogP contribution in [0.2, 0.25) is 0 Å². The van der Waals surface area contributed by atoms with Crippen LogP contribution in [0.25, 0.3) is 11.3 Å². The highest BCUT2D eigenvalue weighted by Gasteiger charge is 2.23. The molecule has 1 aliphatic heterocycles. The zero-order valence-corrected chi connectivity index (χ0v) is 11.1. The van der Waals surface area contributed by atoms with Crippen LogP contribution in [0.1, 0.15) is 5.69 Å². The zero-order chi connectivity index (χ0) is 14.1. The van der Waals surface area contributed by atoms with Gasteiger partial charge >= 0.3 is 0 Å². The minimum Gasteiger partial charge on any atom is -0.482 e. The van der Waals surface area contributed by atoms with Crippen LogP contribution < -0.4 is 15.4 Å². The largest absolute Gasteiger partial charge is 0.482 e. The summed E-state index contributed by atoms with van der Waals surface area (Å²) in [5.74, 6) is 1.27. The van der Waals surface area contributed by atoms with Crippen LogP contribution >= 0.6 is 0 Å². The number of benzene rings is 1. The SMILES string of the molecule is CN1C(=O)COc2ccc(-c3cc(CCN)no3)cc21. The van der Waals surface area contributed by atoms with Crippen molar-refractivity contribution in [2.75, 3.05) is 25.1 Å². The molecule has 2 heterocycles. The number of fused-ring (bicyclic) bond motifs is 1. The van der Waals surface area contributed by atoms with Gasteiger partial charge in [0, 0.05) is 25.1 Å². The fraction of sp³-hybridized carbons (Fsp3) is 0.286. The van der Waals surface area contributed by atoms with Crippen molar-refractivity contribution in [3.8, 4) is 17.1 Å². The van der Waals surface area contributed by atoms with Gasteiger partial charge in [0.25, 0.3) is 5.91 Å². The van der Waals surface area contributed by atoms with Crippen LogP contribution in [0, 0.1) is 0 Å². The van der Waals surface area contributed by atoms with Crippen LogP contribution in [-0.2, 0) is 11.2 Å². The number of nitrogens with zero attached hydrogens (tertiary/aromatic N) is 2. The lowest BCUT2D eigenvalue weighted by Crippen LogP contribution is -2.35. The molecule has 3 rings (SSSR count). The van der Waals surface area contributed by atoms with Gasteiger partial charge in [-0.05, 0) is 24.7 Å². The van der Waals surface area contributed by atoms with Gasteiger partial charge < -0.3 is 19.9 Å². The summed E-state index contributed by atoms with van der Waals surface area (Å²) in [6.07, 6.45) is 0.677. The minimum absolute atomic E-state index is 0.0731. The van der Waals surface area contributed by atoms with E-state index in [1.165, 1.54) is 0 Å². The van der Waals surface area contributed by atoms with Crippen LogP contribution in [0.5, 0.6) is 5.75 Å². The zero-order valence-electron chi connectivity index (χ0n) is 11.1. The quantitative estimate of drug-likeness (QED) is 0.908. The Bertz CT molecular complexity index is 651. The summed E-state index contributed by atoms with van der Waals surface area (Å²) < 4.78 is 10.7.